The van der Waals surface area contributed by atoms with Crippen LogP contribution in [0.3, 0.4) is 0 Å². The average Bonchev–Trinajstić information content (AvgIpc) is 3.04. The highest BCUT2D eigenvalue weighted by Gasteiger charge is 2.31. The van der Waals surface area contributed by atoms with Gasteiger partial charge in [-0.2, -0.15) is 0 Å². The Hall–Kier alpha value is -3.26. The second-order valence-corrected chi connectivity index (χ2v) is 9.34. The van der Waals surface area contributed by atoms with Gasteiger partial charge in [0.1, 0.15) is 6.10 Å². The summed E-state index contributed by atoms with van der Waals surface area (Å²) in [5, 5.41) is 0. The van der Waals surface area contributed by atoms with Gasteiger partial charge in [0.15, 0.2) is 5.52 Å². The maximum atomic E-state index is 12.4. The highest BCUT2D eigenvalue weighted by molar-refractivity contribution is 5.85. The van der Waals surface area contributed by atoms with Crippen LogP contribution in [-0.4, -0.2) is 66.2 Å². The Balaban J connectivity index is 1.71. The summed E-state index contributed by atoms with van der Waals surface area (Å²) in [7, 11) is 3.73. The van der Waals surface area contributed by atoms with Gasteiger partial charge in [-0.1, -0.05) is 13.0 Å². The van der Waals surface area contributed by atoms with E-state index in [1.54, 1.807) is 26.4 Å². The molecule has 1 aromatic carbocycles. The third kappa shape index (κ3) is 4.07. The molecule has 2 aromatic heterocycles. The fraction of sp³-hybridized carbons (Fsp3) is 0.462. The molecule has 4 heterocycles. The van der Waals surface area contributed by atoms with Crippen molar-refractivity contribution in [2.75, 3.05) is 45.3 Å². The molecule has 5 rings (SSSR count). The number of fused-ring (bicyclic) bond motifs is 2. The number of pyridine rings is 1. The van der Waals surface area contributed by atoms with E-state index < -0.39 is 0 Å². The van der Waals surface area contributed by atoms with Crippen LogP contribution in [-0.2, 0) is 16.0 Å². The standard InChI is InChI=1S/C26H31N5O3/c1-16-13-31(17(2)32)14-23(34-15-16)24-18(7-8-22-19(24)6-5-11-30(22)3)20-12-21-25(26(29-20)33-4)28-10-9-27-21/h7-10,12,16,23H,5-6,11,13-15H2,1-4H3. The smallest absolute Gasteiger partial charge is 0.242 e. The Morgan fingerprint density at radius 2 is 2.03 bits per heavy atom. The maximum absolute atomic E-state index is 12.4. The monoisotopic (exact) mass is 461 g/mol. The Kier molecular flexibility index (Phi) is 6.08. The van der Waals surface area contributed by atoms with E-state index in [0.29, 0.717) is 31.1 Å². The molecule has 0 radical (unpaired) electrons. The lowest BCUT2D eigenvalue weighted by molar-refractivity contribution is -0.129. The predicted octanol–water partition coefficient (Wildman–Crippen LogP) is 3.64. The van der Waals surface area contributed by atoms with Crippen molar-refractivity contribution < 1.29 is 14.3 Å². The number of nitrogens with zero attached hydrogens (tertiary/aromatic N) is 5. The van der Waals surface area contributed by atoms with Crippen molar-refractivity contribution in [3.63, 3.8) is 0 Å². The van der Waals surface area contributed by atoms with Crippen LogP contribution in [0.5, 0.6) is 5.88 Å². The summed E-state index contributed by atoms with van der Waals surface area (Å²) in [6.45, 7) is 6.62. The first-order chi connectivity index (χ1) is 16.5. The van der Waals surface area contributed by atoms with Gasteiger partial charge in [-0.15, -0.1) is 0 Å². The minimum Gasteiger partial charge on any atom is -0.479 e. The topological polar surface area (TPSA) is 80.7 Å². The molecule has 0 spiro atoms. The lowest BCUT2D eigenvalue weighted by Gasteiger charge is -2.33. The molecule has 0 saturated carbocycles. The predicted molar refractivity (Wildman–Crippen MR) is 131 cm³/mol. The minimum absolute atomic E-state index is 0.0755. The zero-order valence-electron chi connectivity index (χ0n) is 20.2. The molecular formula is C26H31N5O3. The molecule has 2 atom stereocenters. The van der Waals surface area contributed by atoms with E-state index in [1.807, 2.05) is 11.0 Å². The van der Waals surface area contributed by atoms with Gasteiger partial charge in [-0.05, 0) is 42.0 Å². The molecule has 1 saturated heterocycles. The number of carbonyl (C=O) groups excluding carboxylic acids is 1. The van der Waals surface area contributed by atoms with Gasteiger partial charge in [0.25, 0.3) is 0 Å². The van der Waals surface area contributed by atoms with E-state index in [2.05, 4.69) is 41.0 Å². The first-order valence-corrected chi connectivity index (χ1v) is 11.9. The fourth-order valence-electron chi connectivity index (χ4n) is 5.17. The third-order valence-corrected chi connectivity index (χ3v) is 6.83. The number of aromatic nitrogens is 3. The first-order valence-electron chi connectivity index (χ1n) is 11.9. The van der Waals surface area contributed by atoms with Crippen molar-refractivity contribution >= 4 is 22.6 Å². The molecule has 3 aromatic rings. The molecule has 0 N–H and O–H groups in total. The van der Waals surface area contributed by atoms with Gasteiger partial charge < -0.3 is 19.3 Å². The highest BCUT2D eigenvalue weighted by atomic mass is 16.5. The van der Waals surface area contributed by atoms with Gasteiger partial charge in [-0.3, -0.25) is 9.78 Å². The minimum atomic E-state index is -0.240. The molecule has 2 unspecified atom stereocenters. The SMILES string of the molecule is COc1nc(-c2ccc3c(c2C2CN(C(C)=O)CC(C)CO2)CCCN3C)cc2nccnc12. The first kappa shape index (κ1) is 22.5. The van der Waals surface area contributed by atoms with E-state index >= 15 is 0 Å². The number of methoxy groups -OCH3 is 1. The summed E-state index contributed by atoms with van der Waals surface area (Å²) in [5.41, 5.74) is 6.72. The van der Waals surface area contributed by atoms with Crippen LogP contribution in [0.2, 0.25) is 0 Å². The van der Waals surface area contributed by atoms with Crippen molar-refractivity contribution in [1.82, 2.24) is 19.9 Å². The maximum Gasteiger partial charge on any atom is 0.242 e. The van der Waals surface area contributed by atoms with Crippen molar-refractivity contribution in [1.29, 1.82) is 0 Å². The Labute approximate surface area is 199 Å². The van der Waals surface area contributed by atoms with Crippen molar-refractivity contribution in [2.24, 2.45) is 5.92 Å². The van der Waals surface area contributed by atoms with Crippen molar-refractivity contribution in [3.05, 3.63) is 41.7 Å². The number of rotatable bonds is 3. The van der Waals surface area contributed by atoms with Crippen LogP contribution >= 0.6 is 0 Å². The average molecular weight is 462 g/mol. The zero-order chi connectivity index (χ0) is 23.8. The molecular weight excluding hydrogens is 430 g/mol. The number of anilines is 1. The highest BCUT2D eigenvalue weighted by Crippen LogP contribution is 2.41. The fourth-order valence-corrected chi connectivity index (χ4v) is 5.17. The van der Waals surface area contributed by atoms with Gasteiger partial charge in [0, 0.05) is 50.7 Å². The Morgan fingerprint density at radius 1 is 1.21 bits per heavy atom. The van der Waals surface area contributed by atoms with Gasteiger partial charge >= 0.3 is 0 Å². The lowest BCUT2D eigenvalue weighted by Crippen LogP contribution is -2.35. The summed E-state index contributed by atoms with van der Waals surface area (Å²) in [6.07, 6.45) is 5.11. The lowest BCUT2D eigenvalue weighted by atomic mass is 9.88. The second-order valence-electron chi connectivity index (χ2n) is 9.34. The van der Waals surface area contributed by atoms with Crippen LogP contribution < -0.4 is 9.64 Å². The van der Waals surface area contributed by atoms with Gasteiger partial charge in [-0.25, -0.2) is 9.97 Å². The van der Waals surface area contributed by atoms with Crippen LogP contribution in [0.1, 0.15) is 37.5 Å². The van der Waals surface area contributed by atoms with E-state index in [-0.39, 0.29) is 17.9 Å². The molecule has 178 valence electrons. The van der Waals surface area contributed by atoms with Crippen LogP contribution in [0.15, 0.2) is 30.6 Å². The van der Waals surface area contributed by atoms with Gasteiger partial charge in [0.05, 0.1) is 31.5 Å². The number of amides is 1. The normalized spacial score (nSPS) is 20.7. The molecule has 2 aliphatic heterocycles. The largest absolute Gasteiger partial charge is 0.479 e. The van der Waals surface area contributed by atoms with Crippen molar-refractivity contribution in [3.8, 4) is 17.1 Å². The molecule has 0 bridgehead atoms. The molecule has 0 aliphatic carbocycles. The summed E-state index contributed by atoms with van der Waals surface area (Å²) in [6, 6.07) is 6.25. The Bertz CT molecular complexity index is 1230. The molecule has 1 fully saturated rings. The second kappa shape index (κ2) is 9.18. The van der Waals surface area contributed by atoms with Crippen LogP contribution in [0, 0.1) is 5.92 Å². The van der Waals surface area contributed by atoms with E-state index in [0.717, 1.165) is 41.7 Å². The van der Waals surface area contributed by atoms with E-state index in [1.165, 1.54) is 11.3 Å². The summed E-state index contributed by atoms with van der Waals surface area (Å²) >= 11 is 0. The number of carbonyl (C=O) groups is 1. The molecule has 8 heteroatoms. The number of hydrogen-bond acceptors (Lipinski definition) is 7. The van der Waals surface area contributed by atoms with Crippen molar-refractivity contribution in [2.45, 2.75) is 32.8 Å². The molecule has 2 aliphatic rings. The summed E-state index contributed by atoms with van der Waals surface area (Å²) in [4.78, 5) is 30.4. The van der Waals surface area contributed by atoms with E-state index in [9.17, 15) is 4.79 Å². The zero-order valence-corrected chi connectivity index (χ0v) is 20.2. The molecule has 1 amide bonds. The Morgan fingerprint density at radius 3 is 2.82 bits per heavy atom. The van der Waals surface area contributed by atoms with Crippen LogP contribution in [0.4, 0.5) is 5.69 Å². The van der Waals surface area contributed by atoms with Crippen LogP contribution in [0.25, 0.3) is 22.3 Å². The summed E-state index contributed by atoms with van der Waals surface area (Å²) < 4.78 is 12.1. The molecule has 8 nitrogen and oxygen atoms in total. The number of ether oxygens (including phenoxy) is 2. The van der Waals surface area contributed by atoms with E-state index in [4.69, 9.17) is 14.5 Å². The number of hydrogen-bond donors (Lipinski definition) is 0. The number of benzene rings is 1. The van der Waals surface area contributed by atoms with Gasteiger partial charge in [0.2, 0.25) is 11.8 Å². The third-order valence-electron chi connectivity index (χ3n) is 6.83. The summed E-state index contributed by atoms with van der Waals surface area (Å²) in [5.74, 6) is 0.794. The molecule has 34 heavy (non-hydrogen) atoms. The quantitative estimate of drug-likeness (QED) is 0.589.